The van der Waals surface area contributed by atoms with Crippen molar-refractivity contribution >= 4 is 0 Å². The lowest BCUT2D eigenvalue weighted by atomic mass is 10.4. The number of nitrogens with zero attached hydrogens (tertiary/aromatic N) is 2. The summed E-state index contributed by atoms with van der Waals surface area (Å²) in [4.78, 5) is 0. The fourth-order valence-corrected chi connectivity index (χ4v) is 0.586. The van der Waals surface area contributed by atoms with Crippen LogP contribution in [0.3, 0.4) is 0 Å². The van der Waals surface area contributed by atoms with Gasteiger partial charge in [-0.05, 0) is 13.8 Å². The van der Waals surface area contributed by atoms with Gasteiger partial charge in [-0.15, -0.1) is 0 Å². The number of hydrogen-bond acceptors (Lipinski definition) is 2. The molecule has 0 saturated carbocycles. The maximum absolute atomic E-state index is 4.89. The molecule has 0 amide bonds. The molecule has 3 nitrogen and oxygen atoms in total. The van der Waals surface area contributed by atoms with Gasteiger partial charge in [-0.2, -0.15) is 0 Å². The van der Waals surface area contributed by atoms with Crippen molar-refractivity contribution in [1.82, 2.24) is 5.16 Å². The Bertz CT molecular complexity index is 193. The first-order chi connectivity index (χ1) is 4.20. The summed E-state index contributed by atoms with van der Waals surface area (Å²) in [6, 6.07) is 0.367. The Morgan fingerprint density at radius 3 is 2.56 bits per heavy atom. The van der Waals surface area contributed by atoms with Crippen molar-refractivity contribution in [2.45, 2.75) is 26.8 Å². The average Bonchev–Trinajstić information content (AvgIpc) is 2.14. The minimum Gasteiger partial charge on any atom is -0.0848 e. The van der Waals surface area contributed by atoms with E-state index >= 15 is 0 Å². The summed E-state index contributed by atoms with van der Waals surface area (Å²) < 4.78 is 6.61. The van der Waals surface area contributed by atoms with Crippen molar-refractivity contribution in [3.05, 3.63) is 11.9 Å². The van der Waals surface area contributed by atoms with E-state index < -0.39 is 0 Å². The fourth-order valence-electron chi connectivity index (χ4n) is 0.586. The van der Waals surface area contributed by atoms with E-state index in [1.807, 2.05) is 27.0 Å². The van der Waals surface area contributed by atoms with Crippen molar-refractivity contribution in [2.75, 3.05) is 0 Å². The third kappa shape index (κ3) is 1.28. The maximum Gasteiger partial charge on any atom is 0.240 e. The van der Waals surface area contributed by atoms with Gasteiger partial charge in [-0.1, -0.05) is 9.37 Å². The van der Waals surface area contributed by atoms with E-state index in [1.165, 1.54) is 0 Å². The molecule has 0 aliphatic heterocycles. The topological polar surface area (TPSA) is 29.9 Å². The molecule has 0 radical (unpaired) electrons. The summed E-state index contributed by atoms with van der Waals surface area (Å²) in [6.45, 7) is 6.00. The highest BCUT2D eigenvalue weighted by molar-refractivity contribution is 4.78. The number of rotatable bonds is 1. The van der Waals surface area contributed by atoms with Crippen LogP contribution < -0.4 is 4.74 Å². The summed E-state index contributed by atoms with van der Waals surface area (Å²) in [6.07, 6.45) is 1.88. The molecule has 1 aromatic rings. The number of aryl methyl sites for hydroxylation is 1. The molecule has 0 fully saturated rings. The molecule has 0 unspecified atom stereocenters. The van der Waals surface area contributed by atoms with Crippen LogP contribution in [0.4, 0.5) is 0 Å². The predicted octanol–water partition coefficient (Wildman–Crippen LogP) is 0.851. The van der Waals surface area contributed by atoms with Gasteiger partial charge >= 0.3 is 0 Å². The van der Waals surface area contributed by atoms with Gasteiger partial charge < -0.3 is 0 Å². The molecule has 0 atom stereocenters. The first-order valence-electron chi connectivity index (χ1n) is 3.05. The third-order valence-corrected chi connectivity index (χ3v) is 1.10. The lowest BCUT2D eigenvalue weighted by Gasteiger charge is -1.89. The van der Waals surface area contributed by atoms with Gasteiger partial charge in [-0.3, -0.25) is 0 Å². The largest absolute Gasteiger partial charge is 0.240 e. The normalized spacial score (nSPS) is 10.7. The highest BCUT2D eigenvalue weighted by atomic mass is 16.6. The van der Waals surface area contributed by atoms with Gasteiger partial charge in [0, 0.05) is 6.92 Å². The minimum atomic E-state index is 0.367. The smallest absolute Gasteiger partial charge is 0.0848 e. The molecule has 1 heterocycles. The van der Waals surface area contributed by atoms with E-state index in [4.69, 9.17) is 4.63 Å². The monoisotopic (exact) mass is 127 g/mol. The molecule has 50 valence electrons. The molecule has 3 heteroatoms. The van der Waals surface area contributed by atoms with Crippen LogP contribution in [-0.2, 0) is 0 Å². The number of hydrogen-bond donors (Lipinski definition) is 0. The lowest BCUT2D eigenvalue weighted by Crippen LogP contribution is -2.32. The van der Waals surface area contributed by atoms with E-state index in [0.717, 1.165) is 5.69 Å². The molecule has 0 N–H and O–H groups in total. The molecule has 0 aliphatic rings. The first-order valence-corrected chi connectivity index (χ1v) is 3.05. The molecule has 0 aromatic carbocycles. The van der Waals surface area contributed by atoms with E-state index in [9.17, 15) is 0 Å². The average molecular weight is 127 g/mol. The van der Waals surface area contributed by atoms with Crippen LogP contribution in [0, 0.1) is 6.92 Å². The standard InChI is InChI=1S/C6H11N2O/c1-5(2)8-4-6(3)7-9-8/h4-5H,1-3H3/q+1. The Hall–Kier alpha value is -0.860. The van der Waals surface area contributed by atoms with Crippen molar-refractivity contribution in [3.63, 3.8) is 0 Å². The van der Waals surface area contributed by atoms with Crippen molar-refractivity contribution in [1.29, 1.82) is 0 Å². The van der Waals surface area contributed by atoms with Crippen molar-refractivity contribution < 1.29 is 9.37 Å². The molecule has 9 heavy (non-hydrogen) atoms. The predicted molar refractivity (Wildman–Crippen MR) is 31.8 cm³/mol. The molecule has 0 saturated heterocycles. The second-order valence-corrected chi connectivity index (χ2v) is 2.40. The van der Waals surface area contributed by atoms with Gasteiger partial charge in [0.05, 0.1) is 0 Å². The van der Waals surface area contributed by atoms with Gasteiger partial charge in [0.1, 0.15) is 6.04 Å². The van der Waals surface area contributed by atoms with Crippen LogP contribution in [0.1, 0.15) is 25.6 Å². The van der Waals surface area contributed by atoms with E-state index in [0.29, 0.717) is 6.04 Å². The van der Waals surface area contributed by atoms with Crippen LogP contribution in [0.5, 0.6) is 0 Å². The Labute approximate surface area is 54.2 Å². The molecular formula is C6H11N2O+. The Balaban J connectivity index is 2.85. The summed E-state index contributed by atoms with van der Waals surface area (Å²) in [5, 5.41) is 3.73. The molecule has 1 rings (SSSR count). The third-order valence-electron chi connectivity index (χ3n) is 1.10. The summed E-state index contributed by atoms with van der Waals surface area (Å²) in [5.41, 5.74) is 0.920. The highest BCUT2D eigenvalue weighted by Gasteiger charge is 2.09. The SMILES string of the molecule is Cc1c[n+](C(C)C)on1. The van der Waals surface area contributed by atoms with Gasteiger partial charge in [0.15, 0.2) is 11.4 Å². The van der Waals surface area contributed by atoms with E-state index in [2.05, 4.69) is 5.16 Å². The van der Waals surface area contributed by atoms with Gasteiger partial charge in [0.25, 0.3) is 0 Å². The zero-order chi connectivity index (χ0) is 6.85. The van der Waals surface area contributed by atoms with Crippen LogP contribution in [0.25, 0.3) is 0 Å². The Morgan fingerprint density at radius 2 is 2.33 bits per heavy atom. The van der Waals surface area contributed by atoms with Gasteiger partial charge in [0.2, 0.25) is 5.69 Å². The molecule has 1 aromatic heterocycles. The zero-order valence-electron chi connectivity index (χ0n) is 5.96. The van der Waals surface area contributed by atoms with Crippen molar-refractivity contribution in [3.8, 4) is 0 Å². The second kappa shape index (κ2) is 2.17. The van der Waals surface area contributed by atoms with E-state index in [1.54, 1.807) is 4.74 Å². The molecule has 0 bridgehead atoms. The first kappa shape index (κ1) is 6.26. The quantitative estimate of drug-likeness (QED) is 0.523. The zero-order valence-corrected chi connectivity index (χ0v) is 5.96. The maximum atomic E-state index is 4.89. The van der Waals surface area contributed by atoms with E-state index in [-0.39, 0.29) is 0 Å². The van der Waals surface area contributed by atoms with Crippen molar-refractivity contribution in [2.24, 2.45) is 0 Å². The summed E-state index contributed by atoms with van der Waals surface area (Å²) in [7, 11) is 0. The number of aromatic nitrogens is 2. The molecular weight excluding hydrogens is 116 g/mol. The Kier molecular flexibility index (Phi) is 1.51. The Morgan fingerprint density at radius 1 is 1.67 bits per heavy atom. The van der Waals surface area contributed by atoms with Gasteiger partial charge in [-0.25, -0.2) is 0 Å². The molecule has 0 aliphatic carbocycles. The minimum absolute atomic E-state index is 0.367. The van der Waals surface area contributed by atoms with Crippen LogP contribution in [0.15, 0.2) is 10.8 Å². The van der Waals surface area contributed by atoms with Crippen LogP contribution in [-0.4, -0.2) is 5.16 Å². The lowest BCUT2D eigenvalue weighted by molar-refractivity contribution is -0.886. The summed E-state index contributed by atoms with van der Waals surface area (Å²) >= 11 is 0. The second-order valence-electron chi connectivity index (χ2n) is 2.40. The highest BCUT2D eigenvalue weighted by Crippen LogP contribution is 1.91. The summed E-state index contributed by atoms with van der Waals surface area (Å²) in [5.74, 6) is 0. The fraction of sp³-hybridized carbons (Fsp3) is 0.667. The van der Waals surface area contributed by atoms with Crippen LogP contribution >= 0.6 is 0 Å². The molecule has 0 spiro atoms. The van der Waals surface area contributed by atoms with Crippen LogP contribution in [0.2, 0.25) is 0 Å².